The van der Waals surface area contributed by atoms with E-state index in [9.17, 15) is 0 Å². The number of hydrogen-bond acceptors (Lipinski definition) is 4. The van der Waals surface area contributed by atoms with Crippen molar-refractivity contribution in [3.8, 4) is 5.75 Å². The van der Waals surface area contributed by atoms with Crippen molar-refractivity contribution in [3.63, 3.8) is 0 Å². The van der Waals surface area contributed by atoms with E-state index >= 15 is 0 Å². The van der Waals surface area contributed by atoms with Crippen LogP contribution in [0.3, 0.4) is 0 Å². The maximum absolute atomic E-state index is 6.08. The summed E-state index contributed by atoms with van der Waals surface area (Å²) in [5, 5.41) is 0. The van der Waals surface area contributed by atoms with Crippen molar-refractivity contribution in [3.05, 3.63) is 138 Å². The Hall–Kier alpha value is -3.44. The average Bonchev–Trinajstić information content (AvgIpc) is 2.94. The van der Waals surface area contributed by atoms with Crippen LogP contribution >= 0.6 is 0 Å². The van der Waals surface area contributed by atoms with Crippen molar-refractivity contribution < 1.29 is 9.47 Å². The van der Waals surface area contributed by atoms with Gasteiger partial charge in [0.1, 0.15) is 18.5 Å². The first kappa shape index (κ1) is 29.1. The van der Waals surface area contributed by atoms with Crippen LogP contribution in [0.1, 0.15) is 28.4 Å². The highest BCUT2D eigenvalue weighted by atomic mass is 16.5. The molecule has 0 aliphatic heterocycles. The van der Waals surface area contributed by atoms with Crippen LogP contribution in [-0.4, -0.2) is 64.3 Å². The number of benzene rings is 4. The smallest absolute Gasteiger partial charge is 0.122 e. The van der Waals surface area contributed by atoms with Gasteiger partial charge in [0.05, 0.1) is 6.61 Å². The van der Waals surface area contributed by atoms with Crippen molar-refractivity contribution in [2.24, 2.45) is 0 Å². The lowest BCUT2D eigenvalue weighted by Gasteiger charge is -2.20. The van der Waals surface area contributed by atoms with E-state index in [0.717, 1.165) is 38.5 Å². The minimum atomic E-state index is 0.0161. The lowest BCUT2D eigenvalue weighted by atomic mass is 10.0. The Kier molecular flexibility index (Phi) is 12.6. The summed E-state index contributed by atoms with van der Waals surface area (Å²) >= 11 is 0. The van der Waals surface area contributed by atoms with Gasteiger partial charge in [-0.2, -0.15) is 0 Å². The highest BCUT2D eigenvalue weighted by molar-refractivity contribution is 5.37. The Labute approximate surface area is 229 Å². The Morgan fingerprint density at radius 2 is 1.03 bits per heavy atom. The molecule has 0 saturated heterocycles. The molecule has 0 aliphatic rings. The molecule has 0 amide bonds. The molecule has 0 aromatic heterocycles. The van der Waals surface area contributed by atoms with E-state index in [4.69, 9.17) is 9.47 Å². The van der Waals surface area contributed by atoms with Gasteiger partial charge < -0.3 is 19.3 Å². The third kappa shape index (κ3) is 10.5. The van der Waals surface area contributed by atoms with Gasteiger partial charge in [0, 0.05) is 19.5 Å². The Morgan fingerprint density at radius 3 is 1.58 bits per heavy atom. The molecule has 0 saturated carbocycles. The van der Waals surface area contributed by atoms with E-state index < -0.39 is 0 Å². The topological polar surface area (TPSA) is 24.9 Å². The van der Waals surface area contributed by atoms with Crippen molar-refractivity contribution in [2.45, 2.75) is 12.5 Å². The second-order valence-corrected chi connectivity index (χ2v) is 9.80. The van der Waals surface area contributed by atoms with Gasteiger partial charge in [0.25, 0.3) is 0 Å². The molecule has 38 heavy (non-hydrogen) atoms. The summed E-state index contributed by atoms with van der Waals surface area (Å²) in [5.41, 5.74) is 4.96. The van der Waals surface area contributed by atoms with Crippen molar-refractivity contribution >= 4 is 0 Å². The Morgan fingerprint density at radius 1 is 0.553 bits per heavy atom. The Balaban J connectivity index is 0.000000211. The van der Waals surface area contributed by atoms with Crippen LogP contribution in [0.15, 0.2) is 115 Å². The van der Waals surface area contributed by atoms with Crippen molar-refractivity contribution in [1.82, 2.24) is 9.80 Å². The van der Waals surface area contributed by atoms with Gasteiger partial charge in [-0.1, -0.05) is 109 Å². The average molecular weight is 511 g/mol. The molecular formula is C34H42N2O2. The zero-order chi connectivity index (χ0) is 27.0. The van der Waals surface area contributed by atoms with Crippen LogP contribution in [0.25, 0.3) is 0 Å². The number of para-hydroxylation sites is 1. The maximum atomic E-state index is 6.08. The fourth-order valence-electron chi connectivity index (χ4n) is 3.94. The van der Waals surface area contributed by atoms with Gasteiger partial charge in [-0.15, -0.1) is 0 Å². The first-order valence-electron chi connectivity index (χ1n) is 13.3. The number of ether oxygens (including phenoxy) is 2. The Bertz CT molecular complexity index is 1110. The molecule has 200 valence electrons. The monoisotopic (exact) mass is 510 g/mol. The van der Waals surface area contributed by atoms with Crippen molar-refractivity contribution in [2.75, 3.05) is 54.5 Å². The number of hydrogen-bond donors (Lipinski definition) is 0. The number of nitrogens with zero attached hydrogens (tertiary/aromatic N) is 2. The summed E-state index contributed by atoms with van der Waals surface area (Å²) in [4.78, 5) is 4.26. The van der Waals surface area contributed by atoms with E-state index in [2.05, 4.69) is 123 Å². The third-order valence-corrected chi connectivity index (χ3v) is 6.03. The summed E-state index contributed by atoms with van der Waals surface area (Å²) in [7, 11) is 8.23. The summed E-state index contributed by atoms with van der Waals surface area (Å²) in [5.74, 6) is 0.994. The van der Waals surface area contributed by atoms with Gasteiger partial charge in [-0.05, 0) is 56.5 Å². The van der Waals surface area contributed by atoms with Gasteiger partial charge in [-0.3, -0.25) is 0 Å². The number of likely N-dealkylation sites (N-methyl/N-ethyl adjacent to an activating group) is 2. The predicted octanol–water partition coefficient (Wildman–Crippen LogP) is 6.57. The first-order valence-corrected chi connectivity index (χ1v) is 13.3. The summed E-state index contributed by atoms with van der Waals surface area (Å²) < 4.78 is 12.0. The van der Waals surface area contributed by atoms with Crippen LogP contribution in [0.5, 0.6) is 5.75 Å². The molecule has 4 rings (SSSR count). The fourth-order valence-corrected chi connectivity index (χ4v) is 3.94. The molecule has 0 N–H and O–H groups in total. The zero-order valence-corrected chi connectivity index (χ0v) is 23.3. The highest BCUT2D eigenvalue weighted by Gasteiger charge is 2.14. The zero-order valence-electron chi connectivity index (χ0n) is 23.3. The van der Waals surface area contributed by atoms with E-state index in [1.54, 1.807) is 0 Å². The molecule has 0 atom stereocenters. The van der Waals surface area contributed by atoms with Crippen LogP contribution in [0.4, 0.5) is 0 Å². The number of rotatable bonds is 12. The molecular weight excluding hydrogens is 468 g/mol. The van der Waals surface area contributed by atoms with Crippen LogP contribution < -0.4 is 4.74 Å². The largest absolute Gasteiger partial charge is 0.492 e. The molecule has 0 heterocycles. The lowest BCUT2D eigenvalue weighted by Crippen LogP contribution is -2.20. The molecule has 0 radical (unpaired) electrons. The normalized spacial score (nSPS) is 10.9. The highest BCUT2D eigenvalue weighted by Crippen LogP contribution is 2.25. The molecule has 0 spiro atoms. The first-order chi connectivity index (χ1) is 18.5. The van der Waals surface area contributed by atoms with Crippen LogP contribution in [0.2, 0.25) is 0 Å². The molecule has 4 heteroatoms. The van der Waals surface area contributed by atoms with Gasteiger partial charge in [0.15, 0.2) is 0 Å². The minimum absolute atomic E-state index is 0.0161. The SMILES string of the molecule is CN(C)CCOC(c1ccccc1)c1ccccc1.CN(C)CCOc1ccccc1Cc1ccccc1. The van der Waals surface area contributed by atoms with Gasteiger partial charge in [0.2, 0.25) is 0 Å². The minimum Gasteiger partial charge on any atom is -0.492 e. The van der Waals surface area contributed by atoms with Crippen molar-refractivity contribution in [1.29, 1.82) is 0 Å². The maximum Gasteiger partial charge on any atom is 0.122 e. The summed E-state index contributed by atoms with van der Waals surface area (Å²) in [6.45, 7) is 3.30. The second kappa shape index (κ2) is 16.4. The summed E-state index contributed by atoms with van der Waals surface area (Å²) in [6.07, 6.45) is 0.932. The van der Waals surface area contributed by atoms with E-state index in [1.165, 1.54) is 22.3 Å². The van der Waals surface area contributed by atoms with Crippen LogP contribution in [0, 0.1) is 0 Å². The van der Waals surface area contributed by atoms with E-state index in [-0.39, 0.29) is 6.10 Å². The quantitative estimate of drug-likeness (QED) is 0.215. The molecule has 0 fully saturated rings. The second-order valence-electron chi connectivity index (χ2n) is 9.80. The molecule has 0 bridgehead atoms. The van der Waals surface area contributed by atoms with Gasteiger partial charge >= 0.3 is 0 Å². The molecule has 4 aromatic carbocycles. The molecule has 4 nitrogen and oxygen atoms in total. The predicted molar refractivity (Wildman–Crippen MR) is 159 cm³/mol. The van der Waals surface area contributed by atoms with E-state index in [0.29, 0.717) is 0 Å². The van der Waals surface area contributed by atoms with Crippen LogP contribution in [-0.2, 0) is 11.2 Å². The molecule has 0 aliphatic carbocycles. The lowest BCUT2D eigenvalue weighted by molar-refractivity contribution is 0.0687. The summed E-state index contributed by atoms with van der Waals surface area (Å²) in [6, 6.07) is 39.5. The third-order valence-electron chi connectivity index (χ3n) is 6.03. The molecule has 4 aromatic rings. The van der Waals surface area contributed by atoms with E-state index in [1.807, 2.05) is 30.3 Å². The van der Waals surface area contributed by atoms with Gasteiger partial charge in [-0.25, -0.2) is 0 Å². The molecule has 0 unspecified atom stereocenters. The fraction of sp³-hybridized carbons (Fsp3) is 0.294. The standard InChI is InChI=1S/2C17H21NO/c1-18(2)13-14-19-17(15-9-5-3-6-10-15)16-11-7-4-8-12-16;1-18(2)12-13-19-17-11-7-6-10-16(17)14-15-8-4-3-5-9-15/h3-12,17H,13-14H2,1-2H3;3-11H,12-14H2,1-2H3.